The molecule has 1 aromatic heterocycles. The standard InChI is InChI=1S/C22H17Cl2N3O4S/c23-18-3-1-2-17(21(18)24)19-8-9-20(31-19)22(28)26-10-12-27(13-11-26)32(29,30)16-6-4-15(14-25)5-7-16/h1-9H,10-13H2. The molecule has 1 amide bonds. The van der Waals surface area contributed by atoms with Gasteiger partial charge in [-0.25, -0.2) is 8.42 Å². The van der Waals surface area contributed by atoms with Crippen LogP contribution in [0.25, 0.3) is 11.3 Å². The number of hydrogen-bond acceptors (Lipinski definition) is 5. The van der Waals surface area contributed by atoms with Gasteiger partial charge >= 0.3 is 0 Å². The van der Waals surface area contributed by atoms with Crippen LogP contribution in [0, 0.1) is 11.3 Å². The lowest BCUT2D eigenvalue weighted by Gasteiger charge is -2.33. The molecule has 0 unspecified atom stereocenters. The number of carbonyl (C=O) groups excluding carboxylic acids is 1. The second kappa shape index (κ2) is 8.96. The van der Waals surface area contributed by atoms with Crippen LogP contribution in [0.3, 0.4) is 0 Å². The van der Waals surface area contributed by atoms with Gasteiger partial charge in [0, 0.05) is 31.7 Å². The lowest BCUT2D eigenvalue weighted by molar-refractivity contribution is 0.0667. The van der Waals surface area contributed by atoms with Crippen LogP contribution >= 0.6 is 23.2 Å². The fraction of sp³-hybridized carbons (Fsp3) is 0.182. The van der Waals surface area contributed by atoms with Crippen molar-refractivity contribution in [3.8, 4) is 17.4 Å². The molecule has 10 heteroatoms. The van der Waals surface area contributed by atoms with Crippen molar-refractivity contribution in [3.63, 3.8) is 0 Å². The summed E-state index contributed by atoms with van der Waals surface area (Å²) in [5.41, 5.74) is 0.966. The molecule has 32 heavy (non-hydrogen) atoms. The van der Waals surface area contributed by atoms with E-state index in [-0.39, 0.29) is 42.7 Å². The van der Waals surface area contributed by atoms with Gasteiger partial charge in [0.2, 0.25) is 10.0 Å². The Kier molecular flexibility index (Phi) is 6.26. The van der Waals surface area contributed by atoms with Gasteiger partial charge in [-0.1, -0.05) is 29.3 Å². The van der Waals surface area contributed by atoms with E-state index in [0.717, 1.165) is 0 Å². The molecule has 1 fully saturated rings. The molecule has 0 atom stereocenters. The SMILES string of the molecule is N#Cc1ccc(S(=O)(=O)N2CCN(C(=O)c3ccc(-c4cccc(Cl)c4Cl)o3)CC2)cc1. The summed E-state index contributed by atoms with van der Waals surface area (Å²) < 4.78 is 32.7. The highest BCUT2D eigenvalue weighted by atomic mass is 35.5. The zero-order chi connectivity index (χ0) is 22.9. The lowest BCUT2D eigenvalue weighted by atomic mass is 10.2. The summed E-state index contributed by atoms with van der Waals surface area (Å²) in [7, 11) is -3.71. The van der Waals surface area contributed by atoms with E-state index in [9.17, 15) is 13.2 Å². The first-order valence-electron chi connectivity index (χ1n) is 9.65. The quantitative estimate of drug-likeness (QED) is 0.545. The summed E-state index contributed by atoms with van der Waals surface area (Å²) in [6, 6.07) is 16.1. The van der Waals surface area contributed by atoms with Gasteiger partial charge in [0.05, 0.1) is 26.6 Å². The second-order valence-electron chi connectivity index (χ2n) is 7.10. The number of hydrogen-bond donors (Lipinski definition) is 0. The number of rotatable bonds is 4. The first-order valence-corrected chi connectivity index (χ1v) is 11.8. The molecule has 0 spiro atoms. The van der Waals surface area contributed by atoms with E-state index in [2.05, 4.69) is 0 Å². The molecule has 0 bridgehead atoms. The highest BCUT2D eigenvalue weighted by Gasteiger charge is 2.31. The molecule has 7 nitrogen and oxygen atoms in total. The van der Waals surface area contributed by atoms with E-state index in [1.807, 2.05) is 6.07 Å². The molecule has 2 heterocycles. The molecule has 0 N–H and O–H groups in total. The molecule has 4 rings (SSSR count). The molecule has 2 aromatic carbocycles. The molecule has 0 radical (unpaired) electrons. The Labute approximate surface area is 195 Å². The highest BCUT2D eigenvalue weighted by molar-refractivity contribution is 7.89. The molecular formula is C22H17Cl2N3O4S. The number of halogens is 2. The molecule has 1 aliphatic heterocycles. The van der Waals surface area contributed by atoms with Crippen molar-refractivity contribution in [1.82, 2.24) is 9.21 Å². The number of nitrogens with zero attached hydrogens (tertiary/aromatic N) is 3. The molecular weight excluding hydrogens is 473 g/mol. The fourth-order valence-corrected chi connectivity index (χ4v) is 5.25. The van der Waals surface area contributed by atoms with Crippen molar-refractivity contribution in [2.24, 2.45) is 0 Å². The van der Waals surface area contributed by atoms with Crippen molar-refractivity contribution in [2.45, 2.75) is 4.90 Å². The largest absolute Gasteiger partial charge is 0.451 e. The van der Waals surface area contributed by atoms with E-state index in [1.165, 1.54) is 28.6 Å². The maximum atomic E-state index is 12.9. The lowest BCUT2D eigenvalue weighted by Crippen LogP contribution is -2.50. The first kappa shape index (κ1) is 22.4. The highest BCUT2D eigenvalue weighted by Crippen LogP contribution is 2.34. The van der Waals surface area contributed by atoms with Crippen LogP contribution in [-0.4, -0.2) is 49.7 Å². The van der Waals surface area contributed by atoms with Crippen LogP contribution < -0.4 is 0 Å². The molecule has 164 valence electrons. The average molecular weight is 490 g/mol. The normalized spacial score (nSPS) is 14.8. The number of benzene rings is 2. The third kappa shape index (κ3) is 4.25. The summed E-state index contributed by atoms with van der Waals surface area (Å²) in [5.74, 6) is 0.229. The van der Waals surface area contributed by atoms with E-state index >= 15 is 0 Å². The summed E-state index contributed by atoms with van der Waals surface area (Å²) in [5, 5.41) is 9.60. The predicted molar refractivity (Wildman–Crippen MR) is 120 cm³/mol. The zero-order valence-corrected chi connectivity index (χ0v) is 19.0. The van der Waals surface area contributed by atoms with E-state index < -0.39 is 10.0 Å². The van der Waals surface area contributed by atoms with Gasteiger partial charge in [0.15, 0.2) is 5.76 Å². The van der Waals surface area contributed by atoms with Crippen molar-refractivity contribution in [1.29, 1.82) is 5.26 Å². The molecule has 1 saturated heterocycles. The van der Waals surface area contributed by atoms with Gasteiger partial charge in [-0.2, -0.15) is 9.57 Å². The number of piperazine rings is 1. The smallest absolute Gasteiger partial charge is 0.289 e. The Morgan fingerprint density at radius 2 is 1.66 bits per heavy atom. The van der Waals surface area contributed by atoms with Gasteiger partial charge in [-0.05, 0) is 48.5 Å². The van der Waals surface area contributed by atoms with Crippen LogP contribution in [0.15, 0.2) is 63.9 Å². The van der Waals surface area contributed by atoms with Crippen LogP contribution in [0.2, 0.25) is 10.0 Å². The van der Waals surface area contributed by atoms with E-state index in [1.54, 1.807) is 35.2 Å². The van der Waals surface area contributed by atoms with Crippen LogP contribution in [0.4, 0.5) is 0 Å². The minimum absolute atomic E-state index is 0.116. The third-order valence-electron chi connectivity index (χ3n) is 5.18. The first-order chi connectivity index (χ1) is 15.3. The topological polar surface area (TPSA) is 94.6 Å². The van der Waals surface area contributed by atoms with E-state index in [0.29, 0.717) is 26.9 Å². The predicted octanol–water partition coefficient (Wildman–Crippen LogP) is 4.27. The Hall–Kier alpha value is -2.83. The van der Waals surface area contributed by atoms with Crippen LogP contribution in [0.5, 0.6) is 0 Å². The number of sulfonamides is 1. The number of furan rings is 1. The molecule has 0 aliphatic carbocycles. The summed E-state index contributed by atoms with van der Waals surface area (Å²) in [4.78, 5) is 14.5. The van der Waals surface area contributed by atoms with Crippen molar-refractivity contribution in [3.05, 3.63) is 76.0 Å². The minimum Gasteiger partial charge on any atom is -0.451 e. The summed E-state index contributed by atoms with van der Waals surface area (Å²) in [6.07, 6.45) is 0. The molecule has 1 aliphatic rings. The van der Waals surface area contributed by atoms with Crippen molar-refractivity contribution >= 4 is 39.1 Å². The minimum atomic E-state index is -3.71. The Morgan fingerprint density at radius 1 is 0.969 bits per heavy atom. The molecule has 0 saturated carbocycles. The van der Waals surface area contributed by atoms with Crippen LogP contribution in [0.1, 0.15) is 16.1 Å². The van der Waals surface area contributed by atoms with Gasteiger partial charge in [0.1, 0.15) is 5.76 Å². The maximum Gasteiger partial charge on any atom is 0.289 e. The number of nitriles is 1. The van der Waals surface area contributed by atoms with Gasteiger partial charge in [0.25, 0.3) is 5.91 Å². The Morgan fingerprint density at radius 3 is 2.31 bits per heavy atom. The average Bonchev–Trinajstić information content (AvgIpc) is 3.30. The summed E-state index contributed by atoms with van der Waals surface area (Å²) in [6.45, 7) is 0.758. The second-order valence-corrected chi connectivity index (χ2v) is 9.82. The number of amides is 1. The Balaban J connectivity index is 1.44. The number of carbonyl (C=O) groups is 1. The van der Waals surface area contributed by atoms with Gasteiger partial charge in [-0.3, -0.25) is 4.79 Å². The van der Waals surface area contributed by atoms with Gasteiger partial charge < -0.3 is 9.32 Å². The molecule has 3 aromatic rings. The van der Waals surface area contributed by atoms with Crippen molar-refractivity contribution in [2.75, 3.05) is 26.2 Å². The Bertz CT molecular complexity index is 1310. The van der Waals surface area contributed by atoms with Gasteiger partial charge in [-0.15, -0.1) is 0 Å². The monoisotopic (exact) mass is 489 g/mol. The fourth-order valence-electron chi connectivity index (χ4n) is 3.43. The third-order valence-corrected chi connectivity index (χ3v) is 7.91. The van der Waals surface area contributed by atoms with Crippen molar-refractivity contribution < 1.29 is 17.6 Å². The van der Waals surface area contributed by atoms with E-state index in [4.69, 9.17) is 32.9 Å². The summed E-state index contributed by atoms with van der Waals surface area (Å²) >= 11 is 12.3. The zero-order valence-electron chi connectivity index (χ0n) is 16.7. The van der Waals surface area contributed by atoms with Crippen LogP contribution in [-0.2, 0) is 10.0 Å². The maximum absolute atomic E-state index is 12.9.